The monoisotopic (exact) mass is 252 g/mol. The molecule has 0 amide bonds. The molecule has 0 spiro atoms. The number of rotatable bonds is 3. The van der Waals surface area contributed by atoms with E-state index in [4.69, 9.17) is 17.4 Å². The van der Waals surface area contributed by atoms with Gasteiger partial charge in [-0.15, -0.1) is 0 Å². The molecule has 17 heavy (non-hydrogen) atoms. The van der Waals surface area contributed by atoms with Crippen LogP contribution < -0.4 is 11.3 Å². The van der Waals surface area contributed by atoms with Crippen molar-refractivity contribution >= 4 is 11.6 Å². The van der Waals surface area contributed by atoms with E-state index in [2.05, 4.69) is 24.5 Å². The lowest BCUT2D eigenvalue weighted by Gasteiger charge is -2.27. The Labute approximate surface area is 109 Å². The van der Waals surface area contributed by atoms with Gasteiger partial charge in [0.25, 0.3) is 0 Å². The normalized spacial score (nSPS) is 26.1. The van der Waals surface area contributed by atoms with Crippen LogP contribution in [0.5, 0.6) is 0 Å². The summed E-state index contributed by atoms with van der Waals surface area (Å²) in [6.07, 6.45) is 3.87. The summed E-state index contributed by atoms with van der Waals surface area (Å²) >= 11 is 6.19. The van der Waals surface area contributed by atoms with Gasteiger partial charge in [-0.3, -0.25) is 11.3 Å². The minimum absolute atomic E-state index is 0.227. The van der Waals surface area contributed by atoms with Gasteiger partial charge in [0, 0.05) is 11.1 Å². The maximum atomic E-state index is 6.19. The first-order valence-corrected chi connectivity index (χ1v) is 6.73. The zero-order valence-electron chi connectivity index (χ0n) is 10.5. The van der Waals surface area contributed by atoms with Crippen LogP contribution in [0.1, 0.15) is 43.4 Å². The van der Waals surface area contributed by atoms with Crippen molar-refractivity contribution in [2.45, 2.75) is 39.2 Å². The predicted molar refractivity (Wildman–Crippen MR) is 72.8 cm³/mol. The van der Waals surface area contributed by atoms with E-state index in [1.807, 2.05) is 13.0 Å². The lowest BCUT2D eigenvalue weighted by atomic mass is 9.86. The molecule has 2 rings (SSSR count). The molecule has 94 valence electrons. The fourth-order valence-corrected chi connectivity index (χ4v) is 3.13. The minimum atomic E-state index is 0.227. The maximum absolute atomic E-state index is 6.19. The average Bonchev–Trinajstić information content (AvgIpc) is 2.71. The van der Waals surface area contributed by atoms with Crippen LogP contribution in [0.15, 0.2) is 18.2 Å². The molecule has 1 aliphatic rings. The fraction of sp³-hybridized carbons (Fsp3) is 0.571. The summed E-state index contributed by atoms with van der Waals surface area (Å²) in [6.45, 7) is 4.34. The van der Waals surface area contributed by atoms with Crippen molar-refractivity contribution in [1.29, 1.82) is 0 Å². The Morgan fingerprint density at radius 3 is 2.71 bits per heavy atom. The van der Waals surface area contributed by atoms with Gasteiger partial charge in [-0.05, 0) is 42.4 Å². The molecule has 0 heterocycles. The second-order valence-corrected chi connectivity index (χ2v) is 5.63. The first-order valence-electron chi connectivity index (χ1n) is 6.35. The number of benzene rings is 1. The van der Waals surface area contributed by atoms with E-state index in [1.165, 1.54) is 24.8 Å². The van der Waals surface area contributed by atoms with Crippen LogP contribution >= 0.6 is 11.6 Å². The topological polar surface area (TPSA) is 38.0 Å². The van der Waals surface area contributed by atoms with Crippen molar-refractivity contribution in [1.82, 2.24) is 5.43 Å². The van der Waals surface area contributed by atoms with Crippen molar-refractivity contribution < 1.29 is 0 Å². The quantitative estimate of drug-likeness (QED) is 0.637. The molecule has 3 unspecified atom stereocenters. The van der Waals surface area contributed by atoms with Crippen LogP contribution in [0.25, 0.3) is 0 Å². The van der Waals surface area contributed by atoms with Gasteiger partial charge < -0.3 is 0 Å². The summed E-state index contributed by atoms with van der Waals surface area (Å²) < 4.78 is 0. The second kappa shape index (κ2) is 5.38. The van der Waals surface area contributed by atoms with Crippen LogP contribution in [0, 0.1) is 18.8 Å². The minimum Gasteiger partial charge on any atom is -0.271 e. The predicted octanol–water partition coefficient (Wildman–Crippen LogP) is 3.59. The number of nitrogens with two attached hydrogens (primary N) is 1. The molecule has 1 saturated carbocycles. The van der Waals surface area contributed by atoms with Crippen molar-refractivity contribution in [3.05, 3.63) is 34.3 Å². The third kappa shape index (κ3) is 2.65. The first kappa shape index (κ1) is 12.9. The summed E-state index contributed by atoms with van der Waals surface area (Å²) in [5.74, 6) is 7.10. The van der Waals surface area contributed by atoms with E-state index in [1.54, 1.807) is 0 Å². The summed E-state index contributed by atoms with van der Waals surface area (Å²) in [6, 6.07) is 6.48. The molecule has 1 fully saturated rings. The third-order valence-corrected chi connectivity index (χ3v) is 4.50. The molecule has 3 heteroatoms. The van der Waals surface area contributed by atoms with Crippen molar-refractivity contribution in [3.63, 3.8) is 0 Å². The Hall–Kier alpha value is -0.570. The highest BCUT2D eigenvalue weighted by molar-refractivity contribution is 6.31. The Balaban J connectivity index is 2.25. The lowest BCUT2D eigenvalue weighted by molar-refractivity contribution is 0.304. The number of hydrogen-bond donors (Lipinski definition) is 2. The highest BCUT2D eigenvalue weighted by Crippen LogP contribution is 2.40. The van der Waals surface area contributed by atoms with E-state index in [9.17, 15) is 0 Å². The number of halogens is 1. The van der Waals surface area contributed by atoms with Gasteiger partial charge in [0.1, 0.15) is 0 Å². The van der Waals surface area contributed by atoms with Gasteiger partial charge in [-0.25, -0.2) is 0 Å². The van der Waals surface area contributed by atoms with E-state index >= 15 is 0 Å². The number of hydrazine groups is 1. The number of nitrogens with one attached hydrogen (secondary N) is 1. The Kier molecular flexibility index (Phi) is 4.08. The average molecular weight is 253 g/mol. The molecule has 3 atom stereocenters. The van der Waals surface area contributed by atoms with Crippen LogP contribution in [0.4, 0.5) is 0 Å². The van der Waals surface area contributed by atoms with Crippen LogP contribution in [0.2, 0.25) is 5.02 Å². The standard InChI is InChI=1S/C14H21ClN2/c1-9-4-3-5-12(9)14(17-16)11-7-6-10(2)13(15)8-11/h6-9,12,14,17H,3-5,16H2,1-2H3. The largest absolute Gasteiger partial charge is 0.271 e. The van der Waals surface area contributed by atoms with Crippen molar-refractivity contribution in [3.8, 4) is 0 Å². The highest BCUT2D eigenvalue weighted by Gasteiger charge is 2.31. The van der Waals surface area contributed by atoms with Crippen LogP contribution in [-0.4, -0.2) is 0 Å². The van der Waals surface area contributed by atoms with E-state index < -0.39 is 0 Å². The molecular weight excluding hydrogens is 232 g/mol. The maximum Gasteiger partial charge on any atom is 0.0491 e. The van der Waals surface area contributed by atoms with Gasteiger partial charge in [0.2, 0.25) is 0 Å². The first-order chi connectivity index (χ1) is 8.13. The van der Waals surface area contributed by atoms with Gasteiger partial charge in [0.05, 0.1) is 0 Å². The van der Waals surface area contributed by atoms with Crippen LogP contribution in [-0.2, 0) is 0 Å². The van der Waals surface area contributed by atoms with Crippen LogP contribution in [0.3, 0.4) is 0 Å². The molecule has 0 aromatic heterocycles. The SMILES string of the molecule is Cc1ccc(C(NN)C2CCCC2C)cc1Cl. The summed E-state index contributed by atoms with van der Waals surface area (Å²) in [5, 5.41) is 0.827. The molecule has 0 radical (unpaired) electrons. The number of hydrogen-bond acceptors (Lipinski definition) is 2. The zero-order chi connectivity index (χ0) is 12.4. The van der Waals surface area contributed by atoms with Gasteiger partial charge in [-0.1, -0.05) is 43.5 Å². The Bertz CT molecular complexity index is 392. The van der Waals surface area contributed by atoms with E-state index in [-0.39, 0.29) is 6.04 Å². The smallest absolute Gasteiger partial charge is 0.0491 e. The molecule has 1 aliphatic carbocycles. The fourth-order valence-electron chi connectivity index (χ4n) is 2.94. The molecule has 0 bridgehead atoms. The molecule has 1 aromatic rings. The molecule has 2 nitrogen and oxygen atoms in total. The van der Waals surface area contributed by atoms with Crippen molar-refractivity contribution in [2.75, 3.05) is 0 Å². The zero-order valence-corrected chi connectivity index (χ0v) is 11.3. The molecule has 0 saturated heterocycles. The highest BCUT2D eigenvalue weighted by atomic mass is 35.5. The molecule has 3 N–H and O–H groups in total. The molecular formula is C14H21ClN2. The number of aryl methyl sites for hydroxylation is 1. The van der Waals surface area contributed by atoms with Gasteiger partial charge >= 0.3 is 0 Å². The summed E-state index contributed by atoms with van der Waals surface area (Å²) in [5.41, 5.74) is 5.31. The van der Waals surface area contributed by atoms with Gasteiger partial charge in [-0.2, -0.15) is 0 Å². The third-order valence-electron chi connectivity index (χ3n) is 4.09. The van der Waals surface area contributed by atoms with Crippen molar-refractivity contribution in [2.24, 2.45) is 17.7 Å². The molecule has 1 aromatic carbocycles. The van der Waals surface area contributed by atoms with E-state index in [0.717, 1.165) is 16.5 Å². The van der Waals surface area contributed by atoms with E-state index in [0.29, 0.717) is 5.92 Å². The Morgan fingerprint density at radius 2 is 2.18 bits per heavy atom. The summed E-state index contributed by atoms with van der Waals surface area (Å²) in [7, 11) is 0. The van der Waals surface area contributed by atoms with Gasteiger partial charge in [0.15, 0.2) is 0 Å². The molecule has 0 aliphatic heterocycles. The second-order valence-electron chi connectivity index (χ2n) is 5.23. The lowest BCUT2D eigenvalue weighted by Crippen LogP contribution is -2.34. The Morgan fingerprint density at radius 1 is 1.41 bits per heavy atom. The summed E-state index contributed by atoms with van der Waals surface area (Å²) in [4.78, 5) is 0.